The van der Waals surface area contributed by atoms with Gasteiger partial charge in [-0.2, -0.15) is 13.2 Å². The van der Waals surface area contributed by atoms with Gasteiger partial charge in [0.15, 0.2) is 5.69 Å². The lowest BCUT2D eigenvalue weighted by atomic mass is 9.85. The molecule has 1 saturated carbocycles. The van der Waals surface area contributed by atoms with Crippen molar-refractivity contribution in [2.45, 2.75) is 50.7 Å². The smallest absolute Gasteiger partial charge is 0.434 e. The van der Waals surface area contributed by atoms with Crippen LogP contribution in [0.3, 0.4) is 0 Å². The van der Waals surface area contributed by atoms with Crippen LogP contribution in [0, 0.1) is 5.92 Å². The highest BCUT2D eigenvalue weighted by Gasteiger charge is 2.35. The number of rotatable bonds is 4. The van der Waals surface area contributed by atoms with E-state index < -0.39 is 23.9 Å². The van der Waals surface area contributed by atoms with E-state index in [1.54, 1.807) is 0 Å². The average Bonchev–Trinajstić information content (AvgIpc) is 2.94. The lowest BCUT2D eigenvalue weighted by Gasteiger charge is -2.25. The first-order valence-corrected chi connectivity index (χ1v) is 7.10. The number of alkyl halides is 3. The number of methoxy groups -OCH3 is 1. The highest BCUT2D eigenvalue weighted by atomic mass is 19.4. The van der Waals surface area contributed by atoms with Crippen LogP contribution < -0.4 is 0 Å². The second-order valence-corrected chi connectivity index (χ2v) is 5.48. The molecule has 1 aromatic rings. The van der Waals surface area contributed by atoms with Crippen LogP contribution in [0.25, 0.3) is 0 Å². The van der Waals surface area contributed by atoms with E-state index in [1.165, 1.54) is 18.1 Å². The van der Waals surface area contributed by atoms with Crippen LogP contribution in [-0.2, 0) is 15.7 Å². The van der Waals surface area contributed by atoms with Crippen LogP contribution in [0.1, 0.15) is 50.3 Å². The van der Waals surface area contributed by atoms with Crippen LogP contribution in [-0.4, -0.2) is 22.6 Å². The number of imidazole rings is 1. The van der Waals surface area contributed by atoms with E-state index in [0.29, 0.717) is 12.3 Å². The Balaban J connectivity index is 2.15. The van der Waals surface area contributed by atoms with Crippen molar-refractivity contribution in [3.8, 4) is 0 Å². The Hall–Kier alpha value is -1.53. The van der Waals surface area contributed by atoms with Crippen molar-refractivity contribution < 1.29 is 22.7 Å². The molecule has 1 aliphatic rings. The molecule has 21 heavy (non-hydrogen) atoms. The van der Waals surface area contributed by atoms with Crippen molar-refractivity contribution in [2.75, 3.05) is 7.11 Å². The van der Waals surface area contributed by atoms with Gasteiger partial charge in [0.05, 0.1) is 13.4 Å². The van der Waals surface area contributed by atoms with E-state index in [1.807, 2.05) is 0 Å². The number of carbonyl (C=O) groups is 1. The number of aromatic nitrogens is 2. The zero-order valence-electron chi connectivity index (χ0n) is 11.9. The summed E-state index contributed by atoms with van der Waals surface area (Å²) in [6.07, 6.45) is 3.35. The fourth-order valence-electron chi connectivity index (χ4n) is 2.87. The summed E-state index contributed by atoms with van der Waals surface area (Å²) in [5.74, 6) is -0.175. The second kappa shape index (κ2) is 6.49. The minimum Gasteiger partial charge on any atom is -0.467 e. The average molecular weight is 304 g/mol. The van der Waals surface area contributed by atoms with Crippen molar-refractivity contribution in [1.82, 2.24) is 9.55 Å². The van der Waals surface area contributed by atoms with Crippen LogP contribution in [0.15, 0.2) is 12.5 Å². The lowest BCUT2D eigenvalue weighted by molar-refractivity contribution is -0.146. The Morgan fingerprint density at radius 3 is 2.62 bits per heavy atom. The molecule has 0 N–H and O–H groups in total. The monoisotopic (exact) mass is 304 g/mol. The molecule has 0 spiro atoms. The number of hydrogen-bond acceptors (Lipinski definition) is 3. The molecule has 1 fully saturated rings. The zero-order valence-corrected chi connectivity index (χ0v) is 11.9. The number of ether oxygens (including phenoxy) is 1. The third kappa shape index (κ3) is 3.98. The maximum Gasteiger partial charge on any atom is 0.434 e. The van der Waals surface area contributed by atoms with Crippen molar-refractivity contribution in [2.24, 2.45) is 5.92 Å². The summed E-state index contributed by atoms with van der Waals surface area (Å²) in [7, 11) is 1.25. The van der Waals surface area contributed by atoms with E-state index >= 15 is 0 Å². The molecule has 2 rings (SSSR count). The molecule has 1 aliphatic carbocycles. The molecule has 1 atom stereocenters. The Kier molecular flexibility index (Phi) is 4.90. The summed E-state index contributed by atoms with van der Waals surface area (Å²) in [5, 5.41) is 0. The summed E-state index contributed by atoms with van der Waals surface area (Å²) in [6, 6.07) is -0.735. The predicted octanol–water partition coefficient (Wildman–Crippen LogP) is 3.59. The van der Waals surface area contributed by atoms with Crippen LogP contribution >= 0.6 is 0 Å². The van der Waals surface area contributed by atoms with Gasteiger partial charge in [0.1, 0.15) is 6.04 Å². The van der Waals surface area contributed by atoms with Crippen molar-refractivity contribution in [3.63, 3.8) is 0 Å². The fraction of sp³-hybridized carbons (Fsp3) is 0.714. The van der Waals surface area contributed by atoms with Crippen molar-refractivity contribution in [3.05, 3.63) is 18.2 Å². The molecule has 4 nitrogen and oxygen atoms in total. The summed E-state index contributed by atoms with van der Waals surface area (Å²) < 4.78 is 43.8. The highest BCUT2D eigenvalue weighted by molar-refractivity contribution is 5.74. The predicted molar refractivity (Wildman–Crippen MR) is 69.5 cm³/mol. The number of hydrogen-bond donors (Lipinski definition) is 0. The third-order valence-corrected chi connectivity index (χ3v) is 4.01. The first kappa shape index (κ1) is 15.9. The van der Waals surface area contributed by atoms with Crippen LogP contribution in [0.5, 0.6) is 0 Å². The van der Waals surface area contributed by atoms with Crippen LogP contribution in [0.2, 0.25) is 0 Å². The van der Waals surface area contributed by atoms with Gasteiger partial charge in [-0.15, -0.1) is 0 Å². The van der Waals surface area contributed by atoms with E-state index in [2.05, 4.69) is 4.98 Å². The quantitative estimate of drug-likeness (QED) is 0.799. The normalized spacial score (nSPS) is 18.5. The molecular formula is C14H19F3N2O2. The minimum atomic E-state index is -4.50. The molecule has 0 amide bonds. The highest BCUT2D eigenvalue weighted by Crippen LogP contribution is 2.33. The standard InChI is InChI=1S/C14H19F3N2O2/c1-21-13(20)11(7-10-5-3-2-4-6-10)19-8-12(18-9-19)14(15,16)17/h8-11H,2-7H2,1H3/t11-/m0/s1. The Morgan fingerprint density at radius 1 is 1.43 bits per heavy atom. The SMILES string of the molecule is COC(=O)[C@H](CC1CCCCC1)n1cnc(C(F)(F)F)c1. The first-order valence-electron chi connectivity index (χ1n) is 7.10. The maximum atomic E-state index is 12.6. The van der Waals surface area contributed by atoms with E-state index in [4.69, 9.17) is 4.74 Å². The van der Waals surface area contributed by atoms with Crippen LogP contribution in [0.4, 0.5) is 13.2 Å². The molecule has 0 unspecified atom stereocenters. The molecule has 0 saturated heterocycles. The molecule has 0 radical (unpaired) electrons. The minimum absolute atomic E-state index is 0.347. The number of nitrogens with zero attached hydrogens (tertiary/aromatic N) is 2. The number of carbonyl (C=O) groups excluding carboxylic acids is 1. The van der Waals surface area contributed by atoms with Gasteiger partial charge in [-0.3, -0.25) is 0 Å². The zero-order chi connectivity index (χ0) is 15.5. The third-order valence-electron chi connectivity index (χ3n) is 4.01. The lowest BCUT2D eigenvalue weighted by Crippen LogP contribution is -2.24. The van der Waals surface area contributed by atoms with E-state index in [0.717, 1.165) is 38.2 Å². The largest absolute Gasteiger partial charge is 0.467 e. The molecule has 1 heterocycles. The summed E-state index contributed by atoms with van der Waals surface area (Å²) in [4.78, 5) is 15.2. The van der Waals surface area contributed by atoms with Gasteiger partial charge >= 0.3 is 12.1 Å². The molecular weight excluding hydrogens is 285 g/mol. The van der Waals surface area contributed by atoms with E-state index in [9.17, 15) is 18.0 Å². The van der Waals surface area contributed by atoms with Crippen molar-refractivity contribution in [1.29, 1.82) is 0 Å². The summed E-state index contributed by atoms with van der Waals surface area (Å²) in [5.41, 5.74) is -0.986. The fourth-order valence-corrected chi connectivity index (χ4v) is 2.87. The van der Waals surface area contributed by atoms with Gasteiger partial charge in [-0.05, 0) is 12.3 Å². The van der Waals surface area contributed by atoms with Gasteiger partial charge in [-0.1, -0.05) is 32.1 Å². The van der Waals surface area contributed by atoms with Gasteiger partial charge in [0.2, 0.25) is 0 Å². The number of esters is 1. The van der Waals surface area contributed by atoms with Crippen molar-refractivity contribution >= 4 is 5.97 Å². The topological polar surface area (TPSA) is 44.1 Å². The van der Waals surface area contributed by atoms with Gasteiger partial charge < -0.3 is 9.30 Å². The van der Waals surface area contributed by atoms with Gasteiger partial charge in [0, 0.05) is 6.20 Å². The molecule has 0 aliphatic heterocycles. The maximum absolute atomic E-state index is 12.6. The summed E-state index contributed by atoms with van der Waals surface area (Å²) >= 11 is 0. The second-order valence-electron chi connectivity index (χ2n) is 5.48. The number of halogens is 3. The van der Waals surface area contributed by atoms with Gasteiger partial charge in [0.25, 0.3) is 0 Å². The Labute approximate surface area is 121 Å². The van der Waals surface area contributed by atoms with Gasteiger partial charge in [-0.25, -0.2) is 9.78 Å². The first-order chi connectivity index (χ1) is 9.91. The molecule has 0 aromatic carbocycles. The molecule has 1 aromatic heterocycles. The molecule has 7 heteroatoms. The Morgan fingerprint density at radius 2 is 2.10 bits per heavy atom. The Bertz CT molecular complexity index is 479. The molecule has 118 valence electrons. The molecule has 0 bridgehead atoms. The summed E-state index contributed by atoms with van der Waals surface area (Å²) in [6.45, 7) is 0. The van der Waals surface area contributed by atoms with E-state index in [-0.39, 0.29) is 0 Å².